The van der Waals surface area contributed by atoms with Gasteiger partial charge in [0.05, 0.1) is 11.8 Å². The number of esters is 2. The van der Waals surface area contributed by atoms with Gasteiger partial charge in [-0.25, -0.2) is 0 Å². The van der Waals surface area contributed by atoms with Crippen molar-refractivity contribution in [3.8, 4) is 0 Å². The lowest BCUT2D eigenvalue weighted by Gasteiger charge is -2.54. The minimum atomic E-state index is -0.419. The molecule has 5 atom stereocenters. The van der Waals surface area contributed by atoms with Crippen LogP contribution in [-0.4, -0.2) is 11.9 Å². The number of ether oxygens (including phenoxy) is 1. The van der Waals surface area contributed by atoms with Gasteiger partial charge in [0.1, 0.15) is 0 Å². The maximum atomic E-state index is 13.1. The van der Waals surface area contributed by atoms with E-state index in [9.17, 15) is 9.59 Å². The minimum Gasteiger partial charge on any atom is -0.393 e. The first-order valence-electron chi connectivity index (χ1n) is 11.3. The van der Waals surface area contributed by atoms with Gasteiger partial charge in [-0.3, -0.25) is 9.59 Å². The molecule has 0 aliphatic carbocycles. The molecule has 1 aromatic rings. The van der Waals surface area contributed by atoms with Gasteiger partial charge in [-0.2, -0.15) is 0 Å². The molecular weight excluding hydrogens is 360 g/mol. The van der Waals surface area contributed by atoms with Gasteiger partial charge < -0.3 is 4.74 Å². The molecule has 2 rings (SSSR count). The highest BCUT2D eigenvalue weighted by Gasteiger charge is 2.63. The largest absolute Gasteiger partial charge is 0.393 e. The van der Waals surface area contributed by atoms with Crippen LogP contribution >= 0.6 is 0 Å². The van der Waals surface area contributed by atoms with Crippen molar-refractivity contribution in [1.29, 1.82) is 0 Å². The Labute approximate surface area is 177 Å². The first kappa shape index (κ1) is 23.6. The zero-order valence-corrected chi connectivity index (χ0v) is 19.7. The summed E-state index contributed by atoms with van der Waals surface area (Å²) in [6.45, 7) is 17.5. The summed E-state index contributed by atoms with van der Waals surface area (Å²) in [5.41, 5.74) is 0.469. The monoisotopic (exact) mass is 400 g/mol. The second-order valence-corrected chi connectivity index (χ2v) is 10.1. The lowest BCUT2D eigenvalue weighted by Crippen LogP contribution is -2.51. The molecule has 1 aliphatic rings. The van der Waals surface area contributed by atoms with Crippen LogP contribution in [0.1, 0.15) is 92.6 Å². The number of cyclic esters (lactones) is 2. The molecule has 0 bridgehead atoms. The summed E-state index contributed by atoms with van der Waals surface area (Å²) >= 11 is 0. The third-order valence-corrected chi connectivity index (χ3v) is 8.49. The Kier molecular flexibility index (Phi) is 7.02. The quantitative estimate of drug-likeness (QED) is 0.339. The zero-order chi connectivity index (χ0) is 22.0. The molecule has 0 radical (unpaired) electrons. The number of hydrogen-bond acceptors (Lipinski definition) is 3. The van der Waals surface area contributed by atoms with Crippen LogP contribution in [0.5, 0.6) is 0 Å². The summed E-state index contributed by atoms with van der Waals surface area (Å²) in [5.74, 6) is -1.22. The van der Waals surface area contributed by atoms with Crippen molar-refractivity contribution in [1.82, 2.24) is 0 Å². The molecule has 0 aromatic heterocycles. The predicted molar refractivity (Wildman–Crippen MR) is 118 cm³/mol. The van der Waals surface area contributed by atoms with Gasteiger partial charge in [0.15, 0.2) is 0 Å². The molecule has 1 aromatic carbocycles. The highest BCUT2D eigenvalue weighted by Crippen LogP contribution is 2.62. The Hall–Kier alpha value is -1.64. The van der Waals surface area contributed by atoms with Gasteiger partial charge in [-0.15, -0.1) is 0 Å². The Morgan fingerprint density at radius 3 is 1.93 bits per heavy atom. The summed E-state index contributed by atoms with van der Waals surface area (Å²) in [5, 5.41) is 0. The summed E-state index contributed by atoms with van der Waals surface area (Å²) < 4.78 is 5.31. The number of benzene rings is 1. The van der Waals surface area contributed by atoms with E-state index in [4.69, 9.17) is 4.74 Å². The number of rotatable bonds is 9. The van der Waals surface area contributed by atoms with E-state index in [0.29, 0.717) is 0 Å². The molecule has 3 nitrogen and oxygen atoms in total. The predicted octanol–water partition coefficient (Wildman–Crippen LogP) is 6.76. The lowest BCUT2D eigenvalue weighted by molar-refractivity contribution is -0.156. The maximum Gasteiger partial charge on any atom is 0.318 e. The van der Waals surface area contributed by atoms with E-state index < -0.39 is 11.8 Å². The second-order valence-electron chi connectivity index (χ2n) is 10.1. The molecule has 29 heavy (non-hydrogen) atoms. The highest BCUT2D eigenvalue weighted by molar-refractivity contribution is 5.97. The van der Waals surface area contributed by atoms with Crippen LogP contribution in [0.4, 0.5) is 0 Å². The van der Waals surface area contributed by atoms with Crippen LogP contribution in [0.3, 0.4) is 0 Å². The number of hydrogen-bond donors (Lipinski definition) is 0. The molecule has 0 spiro atoms. The van der Waals surface area contributed by atoms with Crippen LogP contribution in [0.15, 0.2) is 30.3 Å². The fraction of sp³-hybridized carbons (Fsp3) is 0.692. The third kappa shape index (κ3) is 3.90. The first-order valence-corrected chi connectivity index (χ1v) is 11.3. The van der Waals surface area contributed by atoms with Gasteiger partial charge in [-0.05, 0) is 47.0 Å². The Morgan fingerprint density at radius 2 is 1.45 bits per heavy atom. The van der Waals surface area contributed by atoms with Crippen molar-refractivity contribution >= 4 is 11.9 Å². The normalized spacial score (nSPS) is 25.2. The molecule has 1 aliphatic heterocycles. The smallest absolute Gasteiger partial charge is 0.318 e. The summed E-state index contributed by atoms with van der Waals surface area (Å²) in [4.78, 5) is 26.0. The van der Waals surface area contributed by atoms with E-state index in [1.807, 2.05) is 6.07 Å². The molecule has 0 saturated carbocycles. The molecule has 1 heterocycles. The average molecular weight is 401 g/mol. The summed E-state index contributed by atoms with van der Waals surface area (Å²) in [6.07, 6.45) is 3.62. The van der Waals surface area contributed by atoms with Crippen LogP contribution in [0.2, 0.25) is 0 Å². The van der Waals surface area contributed by atoms with E-state index in [-0.39, 0.29) is 34.1 Å². The highest BCUT2D eigenvalue weighted by atomic mass is 16.6. The molecule has 3 heteroatoms. The average Bonchev–Trinajstić information content (AvgIpc) is 3.01. The fourth-order valence-corrected chi connectivity index (χ4v) is 5.99. The van der Waals surface area contributed by atoms with Crippen LogP contribution in [0, 0.1) is 28.1 Å². The standard InChI is InChI=1S/C26H40O3/c1-9-17-24(5,6)20-21(23(28)29-22(20)27)26(8,11-3)25(7,10-2)18(4)19-15-13-12-14-16-19/h12-16,18,20-21H,9-11,17H2,1-8H3. The van der Waals surface area contributed by atoms with E-state index in [2.05, 4.69) is 79.7 Å². The van der Waals surface area contributed by atoms with Crippen molar-refractivity contribution in [2.24, 2.45) is 28.1 Å². The molecule has 162 valence electrons. The first-order chi connectivity index (χ1) is 13.5. The Balaban J connectivity index is 2.61. The van der Waals surface area contributed by atoms with Crippen LogP contribution in [-0.2, 0) is 14.3 Å². The number of carbonyl (C=O) groups is 2. The summed E-state index contributed by atoms with van der Waals surface area (Å²) in [6, 6.07) is 10.5. The summed E-state index contributed by atoms with van der Waals surface area (Å²) in [7, 11) is 0. The second kappa shape index (κ2) is 8.62. The van der Waals surface area contributed by atoms with Crippen molar-refractivity contribution in [2.45, 2.75) is 87.0 Å². The molecule has 0 amide bonds. The van der Waals surface area contributed by atoms with Crippen molar-refractivity contribution in [3.63, 3.8) is 0 Å². The topological polar surface area (TPSA) is 43.4 Å². The third-order valence-electron chi connectivity index (χ3n) is 8.49. The van der Waals surface area contributed by atoms with Gasteiger partial charge >= 0.3 is 11.9 Å². The maximum absolute atomic E-state index is 13.1. The van der Waals surface area contributed by atoms with E-state index >= 15 is 0 Å². The van der Waals surface area contributed by atoms with Gasteiger partial charge in [0.25, 0.3) is 0 Å². The van der Waals surface area contributed by atoms with E-state index in [1.54, 1.807) is 0 Å². The lowest BCUT2D eigenvalue weighted by atomic mass is 9.48. The molecule has 1 saturated heterocycles. The molecular formula is C26H40O3. The van der Waals surface area contributed by atoms with Crippen molar-refractivity contribution in [3.05, 3.63) is 35.9 Å². The zero-order valence-electron chi connectivity index (χ0n) is 19.7. The number of carbonyl (C=O) groups excluding carboxylic acids is 2. The van der Waals surface area contributed by atoms with Crippen LogP contribution < -0.4 is 0 Å². The van der Waals surface area contributed by atoms with Crippen molar-refractivity contribution in [2.75, 3.05) is 0 Å². The van der Waals surface area contributed by atoms with Crippen molar-refractivity contribution < 1.29 is 14.3 Å². The van der Waals surface area contributed by atoms with Gasteiger partial charge in [0.2, 0.25) is 0 Å². The fourth-order valence-electron chi connectivity index (χ4n) is 5.99. The van der Waals surface area contributed by atoms with E-state index in [1.165, 1.54) is 5.56 Å². The molecule has 5 unspecified atom stereocenters. The van der Waals surface area contributed by atoms with Gasteiger partial charge in [-0.1, -0.05) is 92.1 Å². The Morgan fingerprint density at radius 1 is 0.897 bits per heavy atom. The van der Waals surface area contributed by atoms with E-state index in [0.717, 1.165) is 25.7 Å². The molecule has 0 N–H and O–H groups in total. The Bertz CT molecular complexity index is 723. The SMILES string of the molecule is CCCC(C)(C)C1C(=O)OC(=O)C1C(C)(CC)C(C)(CC)C(C)c1ccccc1. The molecule has 1 fully saturated rings. The minimum absolute atomic E-state index is 0.169. The van der Waals surface area contributed by atoms with Crippen LogP contribution in [0.25, 0.3) is 0 Å². The van der Waals surface area contributed by atoms with Gasteiger partial charge in [0, 0.05) is 0 Å².